The average Bonchev–Trinajstić information content (AvgIpc) is 2.32. The summed E-state index contributed by atoms with van der Waals surface area (Å²) in [6, 6.07) is 0. The molecular formula is C11H25N3. The first-order chi connectivity index (χ1) is 6.72. The molecule has 0 radical (unpaired) electrons. The van der Waals surface area contributed by atoms with Gasteiger partial charge in [-0.1, -0.05) is 6.92 Å². The highest BCUT2D eigenvalue weighted by Crippen LogP contribution is 2.07. The first-order valence-corrected chi connectivity index (χ1v) is 5.83. The van der Waals surface area contributed by atoms with E-state index in [0.29, 0.717) is 0 Å². The van der Waals surface area contributed by atoms with Crippen LogP contribution in [0, 0.1) is 5.92 Å². The Balaban J connectivity index is 2.22. The summed E-state index contributed by atoms with van der Waals surface area (Å²) in [6.07, 6.45) is 2.47. The quantitative estimate of drug-likeness (QED) is 0.720. The van der Waals surface area contributed by atoms with Crippen LogP contribution in [-0.4, -0.2) is 56.1 Å². The van der Waals surface area contributed by atoms with Crippen LogP contribution >= 0.6 is 0 Å². The minimum absolute atomic E-state index is 0.753. The van der Waals surface area contributed by atoms with E-state index in [1.807, 2.05) is 0 Å². The predicted octanol–water partition coefficient (Wildman–Crippen LogP) is 0.609. The molecule has 1 saturated heterocycles. The topological polar surface area (TPSA) is 32.5 Å². The van der Waals surface area contributed by atoms with Crippen LogP contribution in [-0.2, 0) is 0 Å². The molecule has 0 aliphatic carbocycles. The zero-order chi connectivity index (χ0) is 10.4. The van der Waals surface area contributed by atoms with Crippen molar-refractivity contribution < 1.29 is 0 Å². The van der Waals surface area contributed by atoms with Gasteiger partial charge in [0.25, 0.3) is 0 Å². The first-order valence-electron chi connectivity index (χ1n) is 5.83. The molecule has 0 aromatic rings. The second-order valence-electron chi connectivity index (χ2n) is 4.64. The summed E-state index contributed by atoms with van der Waals surface area (Å²) in [5.74, 6) is 0.753. The third-order valence-corrected chi connectivity index (χ3v) is 3.04. The van der Waals surface area contributed by atoms with E-state index < -0.39 is 0 Å². The fraction of sp³-hybridized carbons (Fsp3) is 1.00. The fourth-order valence-corrected chi connectivity index (χ4v) is 2.10. The summed E-state index contributed by atoms with van der Waals surface area (Å²) in [7, 11) is 2.22. The Kier molecular flexibility index (Phi) is 5.45. The second kappa shape index (κ2) is 6.38. The first kappa shape index (κ1) is 12.0. The van der Waals surface area contributed by atoms with Gasteiger partial charge in [-0.2, -0.15) is 0 Å². The largest absolute Gasteiger partial charge is 0.330 e. The van der Waals surface area contributed by atoms with Crippen LogP contribution in [0.2, 0.25) is 0 Å². The SMILES string of the molecule is CC(CCN)CN1CCCN(C)CC1. The van der Waals surface area contributed by atoms with Gasteiger partial charge in [0.2, 0.25) is 0 Å². The number of hydrogen-bond donors (Lipinski definition) is 1. The van der Waals surface area contributed by atoms with Crippen LogP contribution in [0.1, 0.15) is 19.8 Å². The summed E-state index contributed by atoms with van der Waals surface area (Å²) in [4.78, 5) is 5.01. The number of nitrogens with two attached hydrogens (primary N) is 1. The van der Waals surface area contributed by atoms with Crippen molar-refractivity contribution in [3.05, 3.63) is 0 Å². The zero-order valence-electron chi connectivity index (χ0n) is 9.71. The van der Waals surface area contributed by atoms with Gasteiger partial charge in [-0.25, -0.2) is 0 Å². The van der Waals surface area contributed by atoms with Crippen molar-refractivity contribution >= 4 is 0 Å². The van der Waals surface area contributed by atoms with E-state index in [-0.39, 0.29) is 0 Å². The highest BCUT2D eigenvalue weighted by molar-refractivity contribution is 4.69. The van der Waals surface area contributed by atoms with Crippen molar-refractivity contribution in [2.75, 3.05) is 46.3 Å². The fourth-order valence-electron chi connectivity index (χ4n) is 2.10. The average molecular weight is 199 g/mol. The van der Waals surface area contributed by atoms with Gasteiger partial charge in [0.05, 0.1) is 0 Å². The minimum atomic E-state index is 0.753. The van der Waals surface area contributed by atoms with Gasteiger partial charge in [-0.05, 0) is 45.4 Å². The van der Waals surface area contributed by atoms with Crippen molar-refractivity contribution in [2.45, 2.75) is 19.8 Å². The molecule has 1 aliphatic heterocycles. The molecular weight excluding hydrogens is 174 g/mol. The molecule has 3 nitrogen and oxygen atoms in total. The molecule has 0 aromatic heterocycles. The third-order valence-electron chi connectivity index (χ3n) is 3.04. The van der Waals surface area contributed by atoms with Crippen LogP contribution in [0.15, 0.2) is 0 Å². The highest BCUT2D eigenvalue weighted by Gasteiger charge is 2.13. The van der Waals surface area contributed by atoms with Gasteiger partial charge >= 0.3 is 0 Å². The lowest BCUT2D eigenvalue weighted by Gasteiger charge is -2.23. The Labute approximate surface area is 88.2 Å². The molecule has 1 rings (SSSR count). The van der Waals surface area contributed by atoms with E-state index in [9.17, 15) is 0 Å². The molecule has 1 aliphatic rings. The Morgan fingerprint density at radius 2 is 2.00 bits per heavy atom. The summed E-state index contributed by atoms with van der Waals surface area (Å²) >= 11 is 0. The molecule has 3 heteroatoms. The molecule has 1 atom stereocenters. The predicted molar refractivity (Wildman–Crippen MR) is 61.4 cm³/mol. The number of nitrogens with zero attached hydrogens (tertiary/aromatic N) is 2. The van der Waals surface area contributed by atoms with Crippen LogP contribution in [0.5, 0.6) is 0 Å². The third kappa shape index (κ3) is 4.40. The molecule has 1 fully saturated rings. The van der Waals surface area contributed by atoms with Gasteiger partial charge < -0.3 is 15.5 Å². The van der Waals surface area contributed by atoms with E-state index in [0.717, 1.165) is 18.9 Å². The lowest BCUT2D eigenvalue weighted by molar-refractivity contribution is 0.238. The van der Waals surface area contributed by atoms with Crippen LogP contribution in [0.3, 0.4) is 0 Å². The Hall–Kier alpha value is -0.120. The number of hydrogen-bond acceptors (Lipinski definition) is 3. The summed E-state index contributed by atoms with van der Waals surface area (Å²) in [6.45, 7) is 9.32. The monoisotopic (exact) mass is 199 g/mol. The van der Waals surface area contributed by atoms with Gasteiger partial charge in [-0.3, -0.25) is 0 Å². The van der Waals surface area contributed by atoms with Gasteiger partial charge in [0, 0.05) is 19.6 Å². The molecule has 0 bridgehead atoms. The van der Waals surface area contributed by atoms with E-state index in [2.05, 4.69) is 23.8 Å². The van der Waals surface area contributed by atoms with Gasteiger partial charge in [0.1, 0.15) is 0 Å². The second-order valence-corrected chi connectivity index (χ2v) is 4.64. The smallest absolute Gasteiger partial charge is 0.0109 e. The zero-order valence-corrected chi connectivity index (χ0v) is 9.71. The Morgan fingerprint density at radius 3 is 2.71 bits per heavy atom. The maximum absolute atomic E-state index is 5.56. The van der Waals surface area contributed by atoms with Crippen molar-refractivity contribution in [3.63, 3.8) is 0 Å². The van der Waals surface area contributed by atoms with E-state index in [1.165, 1.54) is 39.1 Å². The van der Waals surface area contributed by atoms with Crippen molar-refractivity contribution in [3.8, 4) is 0 Å². The van der Waals surface area contributed by atoms with Crippen LogP contribution in [0.4, 0.5) is 0 Å². The standard InChI is InChI=1S/C11H25N3/c1-11(4-5-12)10-14-7-3-6-13(2)8-9-14/h11H,3-10,12H2,1-2H3. The Morgan fingerprint density at radius 1 is 1.21 bits per heavy atom. The molecule has 0 aromatic carbocycles. The molecule has 14 heavy (non-hydrogen) atoms. The lowest BCUT2D eigenvalue weighted by atomic mass is 10.1. The van der Waals surface area contributed by atoms with Crippen molar-refractivity contribution in [1.82, 2.24) is 9.80 Å². The van der Waals surface area contributed by atoms with Crippen molar-refractivity contribution in [1.29, 1.82) is 0 Å². The number of likely N-dealkylation sites (N-methyl/N-ethyl adjacent to an activating group) is 1. The number of rotatable bonds is 4. The van der Waals surface area contributed by atoms with Crippen LogP contribution < -0.4 is 5.73 Å². The van der Waals surface area contributed by atoms with Crippen LogP contribution in [0.25, 0.3) is 0 Å². The highest BCUT2D eigenvalue weighted by atomic mass is 15.2. The Bertz CT molecular complexity index is 149. The maximum atomic E-state index is 5.56. The lowest BCUT2D eigenvalue weighted by Crippen LogP contribution is -2.33. The maximum Gasteiger partial charge on any atom is 0.0109 e. The summed E-state index contributed by atoms with van der Waals surface area (Å²) in [5, 5.41) is 0. The molecule has 1 heterocycles. The van der Waals surface area contributed by atoms with Gasteiger partial charge in [0.15, 0.2) is 0 Å². The van der Waals surface area contributed by atoms with Gasteiger partial charge in [-0.15, -0.1) is 0 Å². The van der Waals surface area contributed by atoms with E-state index >= 15 is 0 Å². The van der Waals surface area contributed by atoms with E-state index in [1.54, 1.807) is 0 Å². The molecule has 0 amide bonds. The van der Waals surface area contributed by atoms with Crippen molar-refractivity contribution in [2.24, 2.45) is 11.7 Å². The molecule has 2 N–H and O–H groups in total. The molecule has 0 saturated carbocycles. The summed E-state index contributed by atoms with van der Waals surface area (Å²) in [5.41, 5.74) is 5.56. The minimum Gasteiger partial charge on any atom is -0.330 e. The molecule has 84 valence electrons. The molecule has 1 unspecified atom stereocenters. The van der Waals surface area contributed by atoms with E-state index in [4.69, 9.17) is 5.73 Å². The summed E-state index contributed by atoms with van der Waals surface area (Å²) < 4.78 is 0. The normalized spacial score (nSPS) is 23.4. The molecule has 0 spiro atoms.